The van der Waals surface area contributed by atoms with Gasteiger partial charge in [0.25, 0.3) is 0 Å². The van der Waals surface area contributed by atoms with Gasteiger partial charge in [0.05, 0.1) is 12.2 Å². The normalized spacial score (nSPS) is 26.5. The van der Waals surface area contributed by atoms with Crippen molar-refractivity contribution in [2.24, 2.45) is 5.92 Å². The molecule has 0 radical (unpaired) electrons. The molecule has 7 nitrogen and oxygen atoms in total. The lowest BCUT2D eigenvalue weighted by Crippen LogP contribution is -2.53. The van der Waals surface area contributed by atoms with E-state index in [-0.39, 0.29) is 18.5 Å². The maximum atomic E-state index is 12.4. The predicted molar refractivity (Wildman–Crippen MR) is 85.4 cm³/mol. The molecule has 24 heavy (non-hydrogen) atoms. The topological polar surface area (TPSA) is 82.1 Å². The smallest absolute Gasteiger partial charge is 0.410 e. The molecule has 2 aliphatic rings. The zero-order chi connectivity index (χ0) is 18.1. The van der Waals surface area contributed by atoms with Crippen LogP contribution in [0.4, 0.5) is 4.79 Å². The number of nitrogens with zero attached hydrogens (tertiary/aromatic N) is 1. The van der Waals surface area contributed by atoms with E-state index in [1.54, 1.807) is 18.7 Å². The molecule has 0 aliphatic carbocycles. The molecule has 0 saturated carbocycles. The fourth-order valence-electron chi connectivity index (χ4n) is 3.33. The first kappa shape index (κ1) is 18.7. The molecule has 2 aliphatic heterocycles. The number of esters is 1. The van der Waals surface area contributed by atoms with E-state index < -0.39 is 29.2 Å². The summed E-state index contributed by atoms with van der Waals surface area (Å²) in [5.74, 6) is -1.68. The van der Waals surface area contributed by atoms with E-state index in [9.17, 15) is 14.4 Å². The molecule has 136 valence electrons. The zero-order valence-corrected chi connectivity index (χ0v) is 15.1. The molecule has 0 aromatic heterocycles. The van der Waals surface area contributed by atoms with Crippen LogP contribution in [0.5, 0.6) is 0 Å². The van der Waals surface area contributed by atoms with Crippen molar-refractivity contribution in [2.75, 3.05) is 19.7 Å². The highest BCUT2D eigenvalue weighted by atomic mass is 16.6. The van der Waals surface area contributed by atoms with Crippen LogP contribution in [0.1, 0.15) is 47.5 Å². The molecule has 2 saturated heterocycles. The molecule has 2 rings (SSSR count). The fraction of sp³-hybridized carbons (Fsp3) is 0.824. The van der Waals surface area contributed by atoms with Crippen molar-refractivity contribution in [2.45, 2.75) is 64.8 Å². The number of rotatable bonds is 2. The predicted octanol–water partition coefficient (Wildman–Crippen LogP) is 1.92. The van der Waals surface area contributed by atoms with Crippen molar-refractivity contribution >= 4 is 17.8 Å². The molecule has 0 aromatic rings. The second-order valence-corrected chi connectivity index (χ2v) is 7.38. The number of ketones is 1. The van der Waals surface area contributed by atoms with Gasteiger partial charge in [0.1, 0.15) is 17.6 Å². The number of likely N-dealkylation sites (tertiary alicyclic amines) is 1. The number of ether oxygens (including phenoxy) is 3. The zero-order valence-electron chi connectivity index (χ0n) is 15.1. The van der Waals surface area contributed by atoms with Crippen molar-refractivity contribution in [3.63, 3.8) is 0 Å². The Morgan fingerprint density at radius 1 is 1.29 bits per heavy atom. The highest BCUT2D eigenvalue weighted by molar-refractivity contribution is 6.04. The number of carbonyl (C=O) groups is 3. The van der Waals surface area contributed by atoms with Crippen LogP contribution >= 0.6 is 0 Å². The second-order valence-electron chi connectivity index (χ2n) is 7.38. The summed E-state index contributed by atoms with van der Waals surface area (Å²) in [7, 11) is 0. The summed E-state index contributed by atoms with van der Waals surface area (Å²) in [4.78, 5) is 38.4. The fourth-order valence-corrected chi connectivity index (χ4v) is 3.33. The van der Waals surface area contributed by atoms with E-state index in [1.165, 1.54) is 0 Å². The Kier molecular flexibility index (Phi) is 5.22. The number of piperidine rings is 1. The first-order valence-corrected chi connectivity index (χ1v) is 8.46. The highest BCUT2D eigenvalue weighted by Crippen LogP contribution is 2.42. The molecule has 2 atom stereocenters. The average Bonchev–Trinajstić information content (AvgIpc) is 2.69. The summed E-state index contributed by atoms with van der Waals surface area (Å²) in [6.07, 6.45) is -0.202. The van der Waals surface area contributed by atoms with E-state index in [0.29, 0.717) is 25.9 Å². The van der Waals surface area contributed by atoms with Crippen LogP contribution in [0.2, 0.25) is 0 Å². The van der Waals surface area contributed by atoms with Gasteiger partial charge in [0, 0.05) is 13.1 Å². The third kappa shape index (κ3) is 3.71. The molecule has 0 N–H and O–H groups in total. The molecule has 2 unspecified atom stereocenters. The van der Waals surface area contributed by atoms with Crippen molar-refractivity contribution in [3.8, 4) is 0 Å². The lowest BCUT2D eigenvalue weighted by Gasteiger charge is -2.40. The average molecular weight is 341 g/mol. The Morgan fingerprint density at radius 2 is 1.88 bits per heavy atom. The SMILES string of the molecule is CCOC(=O)C1C(=O)C(C)OC12CCN(C(=O)OC(C)(C)C)CC2. The van der Waals surface area contributed by atoms with E-state index in [1.807, 2.05) is 20.8 Å². The quantitative estimate of drug-likeness (QED) is 0.564. The largest absolute Gasteiger partial charge is 0.465 e. The summed E-state index contributed by atoms with van der Waals surface area (Å²) in [6.45, 7) is 9.78. The number of amides is 1. The Hall–Kier alpha value is -1.63. The van der Waals surface area contributed by atoms with Crippen LogP contribution < -0.4 is 0 Å². The third-order valence-electron chi connectivity index (χ3n) is 4.41. The first-order valence-electron chi connectivity index (χ1n) is 8.46. The van der Waals surface area contributed by atoms with Gasteiger partial charge in [0.2, 0.25) is 0 Å². The van der Waals surface area contributed by atoms with Crippen molar-refractivity contribution in [1.82, 2.24) is 4.90 Å². The maximum Gasteiger partial charge on any atom is 0.410 e. The summed E-state index contributed by atoms with van der Waals surface area (Å²) in [5.41, 5.74) is -1.44. The van der Waals surface area contributed by atoms with Gasteiger partial charge < -0.3 is 19.1 Å². The third-order valence-corrected chi connectivity index (χ3v) is 4.41. The molecule has 1 spiro atoms. The minimum atomic E-state index is -0.909. The minimum Gasteiger partial charge on any atom is -0.465 e. The molecule has 0 bridgehead atoms. The standard InChI is InChI=1S/C17H27NO6/c1-6-22-14(20)12-13(19)11(2)23-17(12)7-9-18(10-8-17)15(21)24-16(3,4)5/h11-12H,6-10H2,1-5H3. The number of hydrogen-bond acceptors (Lipinski definition) is 6. The van der Waals surface area contributed by atoms with E-state index in [2.05, 4.69) is 0 Å². The second kappa shape index (κ2) is 6.70. The van der Waals surface area contributed by atoms with Crippen LogP contribution in [0.25, 0.3) is 0 Å². The Bertz CT molecular complexity index is 516. The van der Waals surface area contributed by atoms with Gasteiger partial charge in [-0.1, -0.05) is 0 Å². The van der Waals surface area contributed by atoms with Crippen molar-refractivity contribution < 1.29 is 28.6 Å². The van der Waals surface area contributed by atoms with Crippen LogP contribution in [0.15, 0.2) is 0 Å². The number of hydrogen-bond donors (Lipinski definition) is 0. The van der Waals surface area contributed by atoms with Gasteiger partial charge >= 0.3 is 12.1 Å². The van der Waals surface area contributed by atoms with Crippen LogP contribution in [-0.4, -0.2) is 59.7 Å². The van der Waals surface area contributed by atoms with Crippen molar-refractivity contribution in [1.29, 1.82) is 0 Å². The summed E-state index contributed by atoms with van der Waals surface area (Å²) in [5, 5.41) is 0. The van der Waals surface area contributed by atoms with E-state index in [4.69, 9.17) is 14.2 Å². The Labute approximate surface area is 142 Å². The lowest BCUT2D eigenvalue weighted by molar-refractivity contribution is -0.159. The Morgan fingerprint density at radius 3 is 2.38 bits per heavy atom. The first-order chi connectivity index (χ1) is 11.1. The maximum absolute atomic E-state index is 12.4. The van der Waals surface area contributed by atoms with Gasteiger partial charge in [-0.15, -0.1) is 0 Å². The van der Waals surface area contributed by atoms with Crippen LogP contribution in [-0.2, 0) is 23.8 Å². The van der Waals surface area contributed by atoms with Gasteiger partial charge in [-0.2, -0.15) is 0 Å². The molecule has 2 fully saturated rings. The molecule has 1 amide bonds. The van der Waals surface area contributed by atoms with Crippen LogP contribution in [0, 0.1) is 5.92 Å². The van der Waals surface area contributed by atoms with Gasteiger partial charge in [0.15, 0.2) is 5.78 Å². The molecular formula is C17H27NO6. The van der Waals surface area contributed by atoms with E-state index >= 15 is 0 Å². The summed E-state index contributed by atoms with van der Waals surface area (Å²) < 4.78 is 16.3. The van der Waals surface area contributed by atoms with Gasteiger partial charge in [-0.05, 0) is 47.5 Å². The van der Waals surface area contributed by atoms with Crippen LogP contribution in [0.3, 0.4) is 0 Å². The minimum absolute atomic E-state index is 0.219. The molecule has 2 heterocycles. The van der Waals surface area contributed by atoms with E-state index in [0.717, 1.165) is 0 Å². The monoisotopic (exact) mass is 341 g/mol. The molecule has 7 heteroatoms. The van der Waals surface area contributed by atoms with Crippen molar-refractivity contribution in [3.05, 3.63) is 0 Å². The van der Waals surface area contributed by atoms with Gasteiger partial charge in [-0.25, -0.2) is 4.79 Å². The lowest BCUT2D eigenvalue weighted by atomic mass is 9.79. The number of carbonyl (C=O) groups excluding carboxylic acids is 3. The highest BCUT2D eigenvalue weighted by Gasteiger charge is 2.58. The molecular weight excluding hydrogens is 314 g/mol. The molecule has 0 aromatic carbocycles. The summed E-state index contributed by atoms with van der Waals surface area (Å²) in [6, 6.07) is 0. The number of Topliss-reactive ketones (excluding diaryl/α,β-unsaturated/α-hetero) is 1. The summed E-state index contributed by atoms with van der Waals surface area (Å²) >= 11 is 0. The Balaban J connectivity index is 2.08. The van der Waals surface area contributed by atoms with Gasteiger partial charge in [-0.3, -0.25) is 9.59 Å².